The van der Waals surface area contributed by atoms with E-state index in [4.69, 9.17) is 14.0 Å². The van der Waals surface area contributed by atoms with Gasteiger partial charge in [-0.25, -0.2) is 8.42 Å². The lowest BCUT2D eigenvalue weighted by Crippen LogP contribution is -2.45. The van der Waals surface area contributed by atoms with E-state index in [0.717, 1.165) is 33.1 Å². The molecule has 0 bridgehead atoms. The number of rotatable bonds is 9. The van der Waals surface area contributed by atoms with Gasteiger partial charge in [0.25, 0.3) is 0 Å². The Balaban J connectivity index is 2.02. The summed E-state index contributed by atoms with van der Waals surface area (Å²) >= 11 is 0. The Morgan fingerprint density at radius 3 is 2.52 bits per heavy atom. The third kappa shape index (κ3) is 6.91. The van der Waals surface area contributed by atoms with Crippen LogP contribution in [-0.4, -0.2) is 49.1 Å². The highest BCUT2D eigenvalue weighted by atomic mass is 32.2. The van der Waals surface area contributed by atoms with Crippen LogP contribution in [0, 0.1) is 0 Å². The fourth-order valence-corrected chi connectivity index (χ4v) is 4.30. The van der Waals surface area contributed by atoms with Crippen molar-refractivity contribution in [1.29, 1.82) is 0 Å². The second kappa shape index (κ2) is 9.45. The normalized spacial score (nSPS) is 18.7. The molecule has 1 aliphatic heterocycles. The van der Waals surface area contributed by atoms with Gasteiger partial charge in [-0.3, -0.25) is 10.1 Å². The Morgan fingerprint density at radius 2 is 1.94 bits per heavy atom. The van der Waals surface area contributed by atoms with Crippen molar-refractivity contribution < 1.29 is 40.4 Å². The van der Waals surface area contributed by atoms with Gasteiger partial charge in [0.2, 0.25) is 11.8 Å². The molecule has 1 fully saturated rings. The molecule has 1 saturated heterocycles. The van der Waals surface area contributed by atoms with Gasteiger partial charge in [-0.05, 0) is 53.4 Å². The maximum absolute atomic E-state index is 12.6. The van der Waals surface area contributed by atoms with Gasteiger partial charge < -0.3 is 14.0 Å². The van der Waals surface area contributed by atoms with Gasteiger partial charge >= 0.3 is 6.18 Å². The van der Waals surface area contributed by atoms with E-state index in [9.17, 15) is 26.4 Å². The molecule has 0 saturated carbocycles. The van der Waals surface area contributed by atoms with E-state index < -0.39 is 50.9 Å². The number of nitrogens with zero attached hydrogens (tertiary/aromatic N) is 1. The maximum atomic E-state index is 12.6. The number of amides is 1. The van der Waals surface area contributed by atoms with Gasteiger partial charge in [0.1, 0.15) is 16.0 Å². The summed E-state index contributed by atoms with van der Waals surface area (Å²) in [6.07, 6.45) is -4.03. The van der Waals surface area contributed by atoms with Gasteiger partial charge in [0.05, 0.1) is 5.75 Å². The lowest BCUT2D eigenvalue weighted by atomic mass is 10.0. The molecule has 1 N–H and O–H groups in total. The quantitative estimate of drug-likeness (QED) is 0.583. The first-order valence-corrected chi connectivity index (χ1v) is 11.7. The van der Waals surface area contributed by atoms with Gasteiger partial charge in [0, 0.05) is 19.1 Å². The Labute approximate surface area is 179 Å². The van der Waals surface area contributed by atoms with Crippen LogP contribution in [0.4, 0.5) is 19.1 Å². The van der Waals surface area contributed by atoms with Gasteiger partial charge in [-0.1, -0.05) is 5.16 Å². The van der Waals surface area contributed by atoms with Crippen molar-refractivity contribution in [2.45, 2.75) is 82.6 Å². The van der Waals surface area contributed by atoms with Crippen LogP contribution in [0.25, 0.3) is 0 Å². The second-order valence-corrected chi connectivity index (χ2v) is 11.2. The van der Waals surface area contributed by atoms with Crippen LogP contribution in [0.5, 0.6) is 0 Å². The molecule has 0 aliphatic carbocycles. The number of halogens is 3. The van der Waals surface area contributed by atoms with Crippen molar-refractivity contribution in [2.75, 3.05) is 17.7 Å². The van der Waals surface area contributed by atoms with Gasteiger partial charge in [-0.15, -0.1) is 0 Å². The summed E-state index contributed by atoms with van der Waals surface area (Å²) in [5.41, 5.74) is -0.531. The molecule has 1 amide bonds. The highest BCUT2D eigenvalue weighted by Crippen LogP contribution is 2.31. The molecule has 1 aromatic heterocycles. The van der Waals surface area contributed by atoms with Crippen LogP contribution < -0.4 is 5.32 Å². The summed E-state index contributed by atoms with van der Waals surface area (Å²) in [6, 6.07) is 1.41. The first-order chi connectivity index (χ1) is 14.1. The minimum Gasteiger partial charge on any atom is -0.353 e. The highest BCUT2D eigenvalue weighted by Gasteiger charge is 2.42. The summed E-state index contributed by atoms with van der Waals surface area (Å²) in [5.74, 6) is -1.80. The zero-order valence-electron chi connectivity index (χ0n) is 18.0. The molecule has 0 aromatic carbocycles. The van der Waals surface area contributed by atoms with Crippen molar-refractivity contribution in [1.82, 2.24) is 5.16 Å². The predicted molar refractivity (Wildman–Crippen MR) is 106 cm³/mol. The van der Waals surface area contributed by atoms with Crippen molar-refractivity contribution >= 4 is 21.6 Å². The number of carbonyl (C=O) groups excluding carboxylic acids is 1. The fraction of sp³-hybridized carbons (Fsp3) is 0.789. The summed E-state index contributed by atoms with van der Waals surface area (Å²) < 4.78 is 76.4. The highest BCUT2D eigenvalue weighted by molar-refractivity contribution is 7.93. The summed E-state index contributed by atoms with van der Waals surface area (Å²) in [6.45, 7) is 6.38. The van der Waals surface area contributed by atoms with Gasteiger partial charge in [-0.2, -0.15) is 13.2 Å². The Kier molecular flexibility index (Phi) is 7.81. The summed E-state index contributed by atoms with van der Waals surface area (Å²) in [7, 11) is -4.16. The monoisotopic (exact) mass is 470 g/mol. The van der Waals surface area contributed by atoms with Crippen LogP contribution in [0.3, 0.4) is 0 Å². The van der Waals surface area contributed by atoms with E-state index in [2.05, 4.69) is 10.5 Å². The number of anilines is 1. The van der Waals surface area contributed by atoms with Crippen LogP contribution in [0.2, 0.25) is 0 Å². The smallest absolute Gasteiger partial charge is 0.353 e. The maximum Gasteiger partial charge on any atom is 0.389 e. The van der Waals surface area contributed by atoms with E-state index in [0.29, 0.717) is 12.3 Å². The van der Waals surface area contributed by atoms with Crippen molar-refractivity contribution in [3.63, 3.8) is 0 Å². The van der Waals surface area contributed by atoms with Crippen molar-refractivity contribution in [3.8, 4) is 0 Å². The molecule has 1 aromatic rings. The zero-order chi connectivity index (χ0) is 23.5. The third-order valence-electron chi connectivity index (χ3n) is 5.13. The predicted octanol–water partition coefficient (Wildman–Crippen LogP) is 3.93. The molecule has 0 radical (unpaired) electrons. The van der Waals surface area contributed by atoms with E-state index in [1.54, 1.807) is 13.8 Å². The van der Waals surface area contributed by atoms with E-state index in [-0.39, 0.29) is 12.2 Å². The second-order valence-electron chi connectivity index (χ2n) is 8.50. The standard InChI is InChI=1S/C19H29F3N2O6S/c1-17(2,29-15-8-5-6-10-28-15)13-12-14(30-24-13)23-16(25)18(3,4)31(26,27)11-7-9-19(20,21)22/h12,15H,5-11H2,1-4H3,(H,23,25). The largest absolute Gasteiger partial charge is 0.389 e. The number of aromatic nitrogens is 1. The SMILES string of the molecule is CC(C)(OC1CCCCO1)c1cc(NC(=O)C(C)(C)S(=O)(=O)CCCC(F)(F)F)on1. The molecule has 0 spiro atoms. The lowest BCUT2D eigenvalue weighted by molar-refractivity contribution is -0.220. The lowest BCUT2D eigenvalue weighted by Gasteiger charge is -2.31. The number of sulfone groups is 1. The number of hydrogen-bond donors (Lipinski definition) is 1. The van der Waals surface area contributed by atoms with Crippen LogP contribution in [-0.2, 0) is 29.7 Å². The zero-order valence-corrected chi connectivity index (χ0v) is 18.9. The minimum absolute atomic E-state index is 0.0974. The topological polar surface area (TPSA) is 108 Å². The van der Waals surface area contributed by atoms with Crippen LogP contribution >= 0.6 is 0 Å². The Bertz CT molecular complexity index is 858. The molecular weight excluding hydrogens is 441 g/mol. The first-order valence-electron chi connectivity index (χ1n) is 10.0. The number of carbonyl (C=O) groups is 1. The summed E-state index contributed by atoms with van der Waals surface area (Å²) in [4.78, 5) is 12.6. The van der Waals surface area contributed by atoms with Crippen LogP contribution in [0.15, 0.2) is 10.6 Å². The summed E-state index contributed by atoms with van der Waals surface area (Å²) in [5, 5.41) is 6.22. The molecule has 12 heteroatoms. The molecule has 1 aliphatic rings. The van der Waals surface area contributed by atoms with E-state index >= 15 is 0 Å². The average Bonchev–Trinajstić information content (AvgIpc) is 3.10. The van der Waals surface area contributed by atoms with E-state index in [1.807, 2.05) is 0 Å². The molecular formula is C19H29F3N2O6S. The number of ether oxygens (including phenoxy) is 2. The molecule has 31 heavy (non-hydrogen) atoms. The van der Waals surface area contributed by atoms with Crippen molar-refractivity contribution in [2.24, 2.45) is 0 Å². The minimum atomic E-state index is -4.46. The molecule has 2 rings (SSSR count). The van der Waals surface area contributed by atoms with Gasteiger partial charge in [0.15, 0.2) is 16.1 Å². The number of hydrogen-bond acceptors (Lipinski definition) is 7. The number of nitrogens with one attached hydrogen (secondary N) is 1. The number of alkyl halides is 3. The molecule has 8 nitrogen and oxygen atoms in total. The molecule has 1 atom stereocenters. The van der Waals surface area contributed by atoms with E-state index in [1.165, 1.54) is 6.07 Å². The molecule has 2 heterocycles. The third-order valence-corrected chi connectivity index (χ3v) is 7.69. The van der Waals surface area contributed by atoms with Crippen molar-refractivity contribution in [3.05, 3.63) is 11.8 Å². The Hall–Kier alpha value is -1.66. The van der Waals surface area contributed by atoms with Crippen LogP contribution in [0.1, 0.15) is 65.5 Å². The first kappa shape index (κ1) is 25.6. The Morgan fingerprint density at radius 1 is 1.26 bits per heavy atom. The average molecular weight is 471 g/mol. The fourth-order valence-electron chi connectivity index (χ4n) is 2.93. The molecule has 178 valence electrons. The molecule has 1 unspecified atom stereocenters.